The second-order valence-corrected chi connectivity index (χ2v) is 7.90. The Morgan fingerprint density at radius 2 is 2.15 bits per heavy atom. The first kappa shape index (κ1) is 17.1. The number of nitrogens with one attached hydrogen (secondary N) is 1. The molecule has 1 aromatic heterocycles. The summed E-state index contributed by atoms with van der Waals surface area (Å²) in [5.41, 5.74) is -0.0785. The van der Waals surface area contributed by atoms with Crippen LogP contribution in [0.25, 0.3) is 0 Å². The van der Waals surface area contributed by atoms with Crippen LogP contribution in [-0.2, 0) is 16.1 Å². The summed E-state index contributed by atoms with van der Waals surface area (Å²) in [5.74, 6) is -0.376. The molecule has 2 aliphatic rings. The van der Waals surface area contributed by atoms with Crippen molar-refractivity contribution in [3.8, 4) is 5.75 Å². The van der Waals surface area contributed by atoms with Crippen molar-refractivity contribution < 1.29 is 19.4 Å². The van der Waals surface area contributed by atoms with Crippen LogP contribution >= 0.6 is 11.3 Å². The molecule has 26 heavy (non-hydrogen) atoms. The highest BCUT2D eigenvalue weighted by Crippen LogP contribution is 2.49. The van der Waals surface area contributed by atoms with Gasteiger partial charge in [-0.05, 0) is 23.1 Å². The topological polar surface area (TPSA) is 78.9 Å². The molecular weight excluding hydrogens is 352 g/mol. The molecule has 1 amide bonds. The van der Waals surface area contributed by atoms with E-state index in [1.807, 2.05) is 46.7 Å². The molecule has 0 saturated carbocycles. The number of hydrogen-bond donors (Lipinski definition) is 2. The van der Waals surface area contributed by atoms with Crippen molar-refractivity contribution in [1.82, 2.24) is 10.2 Å². The number of thiophene rings is 1. The van der Waals surface area contributed by atoms with Gasteiger partial charge in [-0.25, -0.2) is 0 Å². The van der Waals surface area contributed by atoms with Gasteiger partial charge < -0.3 is 15.2 Å². The number of aliphatic carboxylic acids is 1. The summed E-state index contributed by atoms with van der Waals surface area (Å²) in [7, 11) is 0. The number of benzene rings is 1. The molecule has 2 N–H and O–H groups in total. The minimum atomic E-state index is -0.998. The molecule has 0 aliphatic carbocycles. The Morgan fingerprint density at radius 1 is 1.31 bits per heavy atom. The molecule has 0 spiro atoms. The summed E-state index contributed by atoms with van der Waals surface area (Å²) >= 11 is 1.60. The first-order valence-corrected chi connectivity index (χ1v) is 9.43. The molecule has 2 aromatic rings. The van der Waals surface area contributed by atoms with Crippen LogP contribution in [0.3, 0.4) is 0 Å². The molecule has 1 aromatic carbocycles. The number of ether oxygens (including phenoxy) is 1. The highest BCUT2D eigenvalue weighted by atomic mass is 32.1. The lowest BCUT2D eigenvalue weighted by Gasteiger charge is -2.35. The van der Waals surface area contributed by atoms with E-state index in [-0.39, 0.29) is 25.0 Å². The third-order valence-electron chi connectivity index (χ3n) is 5.23. The second kappa shape index (κ2) is 6.74. The Morgan fingerprint density at radius 3 is 2.92 bits per heavy atom. The van der Waals surface area contributed by atoms with Gasteiger partial charge in [-0.3, -0.25) is 14.5 Å². The van der Waals surface area contributed by atoms with Crippen molar-refractivity contribution >= 4 is 23.2 Å². The summed E-state index contributed by atoms with van der Waals surface area (Å²) in [6.45, 7) is 1.69. The first-order valence-electron chi connectivity index (χ1n) is 8.55. The lowest BCUT2D eigenvalue weighted by atomic mass is 9.73. The van der Waals surface area contributed by atoms with Crippen molar-refractivity contribution in [2.75, 3.05) is 26.2 Å². The van der Waals surface area contributed by atoms with Crippen LogP contribution in [0.1, 0.15) is 16.4 Å². The van der Waals surface area contributed by atoms with Crippen molar-refractivity contribution in [2.45, 2.75) is 12.5 Å². The number of hydrogen-bond acceptors (Lipinski definition) is 5. The fourth-order valence-electron chi connectivity index (χ4n) is 3.91. The van der Waals surface area contributed by atoms with E-state index in [9.17, 15) is 14.7 Å². The van der Waals surface area contributed by atoms with E-state index in [1.54, 1.807) is 11.3 Å². The Kier molecular flexibility index (Phi) is 4.42. The zero-order valence-electron chi connectivity index (χ0n) is 14.2. The number of carbonyl (C=O) groups is 2. The average Bonchev–Trinajstić information content (AvgIpc) is 3.28. The molecule has 0 radical (unpaired) electrons. The van der Waals surface area contributed by atoms with Gasteiger partial charge in [-0.2, -0.15) is 0 Å². The van der Waals surface area contributed by atoms with E-state index < -0.39 is 11.4 Å². The molecule has 0 bridgehead atoms. The fraction of sp³-hybridized carbons (Fsp3) is 0.368. The predicted molar refractivity (Wildman–Crippen MR) is 97.4 cm³/mol. The van der Waals surface area contributed by atoms with E-state index in [1.165, 1.54) is 0 Å². The standard InChI is InChI=1S/C19H20N2O4S/c22-17(20-8-13-4-3-7-26-13)10-21-9-15-14-5-1-2-6-16(14)25-12-19(15,11-21)18(23)24/h1-7,15H,8-12H2,(H,20,22)(H,23,24)/t15-,19-/m1/s1. The van der Waals surface area contributed by atoms with Crippen LogP contribution < -0.4 is 10.1 Å². The lowest BCUT2D eigenvalue weighted by molar-refractivity contribution is -0.152. The second-order valence-electron chi connectivity index (χ2n) is 6.87. The first-order chi connectivity index (χ1) is 12.6. The minimum Gasteiger partial charge on any atom is -0.492 e. The summed E-state index contributed by atoms with van der Waals surface area (Å²) in [6, 6.07) is 11.5. The third kappa shape index (κ3) is 2.97. The molecule has 2 atom stereocenters. The maximum atomic E-state index is 12.3. The molecule has 3 heterocycles. The smallest absolute Gasteiger partial charge is 0.315 e. The Hall–Kier alpha value is -2.38. The van der Waals surface area contributed by atoms with E-state index in [0.29, 0.717) is 19.6 Å². The number of fused-ring (bicyclic) bond motifs is 3. The van der Waals surface area contributed by atoms with Gasteiger partial charge in [0.25, 0.3) is 0 Å². The molecular formula is C19H20N2O4S. The molecule has 7 heteroatoms. The number of nitrogens with zero attached hydrogens (tertiary/aromatic N) is 1. The van der Waals surface area contributed by atoms with E-state index in [0.717, 1.165) is 16.2 Å². The van der Waals surface area contributed by atoms with Gasteiger partial charge in [0.15, 0.2) is 0 Å². The van der Waals surface area contributed by atoms with Crippen molar-refractivity contribution in [1.29, 1.82) is 0 Å². The molecule has 136 valence electrons. The molecule has 0 unspecified atom stereocenters. The van der Waals surface area contributed by atoms with E-state index in [2.05, 4.69) is 5.32 Å². The van der Waals surface area contributed by atoms with Gasteiger partial charge in [-0.1, -0.05) is 24.3 Å². The number of carboxylic acids is 1. The van der Waals surface area contributed by atoms with Crippen LogP contribution in [0.4, 0.5) is 0 Å². The van der Waals surface area contributed by atoms with Gasteiger partial charge in [0.1, 0.15) is 17.8 Å². The van der Waals surface area contributed by atoms with E-state index >= 15 is 0 Å². The van der Waals surface area contributed by atoms with Crippen LogP contribution in [0, 0.1) is 5.41 Å². The zero-order chi connectivity index (χ0) is 18.1. The predicted octanol–water partition coefficient (Wildman–Crippen LogP) is 1.93. The Bertz CT molecular complexity index is 823. The summed E-state index contributed by atoms with van der Waals surface area (Å²) in [5, 5.41) is 14.8. The Balaban J connectivity index is 1.47. The Labute approximate surface area is 155 Å². The molecule has 1 fully saturated rings. The average molecular weight is 372 g/mol. The van der Waals surface area contributed by atoms with Crippen LogP contribution in [-0.4, -0.2) is 48.1 Å². The van der Waals surface area contributed by atoms with Crippen LogP contribution in [0.2, 0.25) is 0 Å². The highest BCUT2D eigenvalue weighted by molar-refractivity contribution is 7.09. The fourth-order valence-corrected chi connectivity index (χ4v) is 4.56. The van der Waals surface area contributed by atoms with Crippen molar-refractivity contribution in [3.63, 3.8) is 0 Å². The SMILES string of the molecule is O=C(CN1C[C@@H]2c3ccccc3OC[C@]2(C(=O)O)C1)NCc1cccs1. The maximum Gasteiger partial charge on any atom is 0.315 e. The van der Waals surface area contributed by atoms with Gasteiger partial charge >= 0.3 is 5.97 Å². The molecule has 4 rings (SSSR count). The lowest BCUT2D eigenvalue weighted by Crippen LogP contribution is -2.46. The zero-order valence-corrected chi connectivity index (χ0v) is 15.0. The molecule has 6 nitrogen and oxygen atoms in total. The van der Waals surface area contributed by atoms with Gasteiger partial charge in [0.2, 0.25) is 5.91 Å². The van der Waals surface area contributed by atoms with Crippen LogP contribution in [0.15, 0.2) is 41.8 Å². The normalized spacial score (nSPS) is 24.4. The van der Waals surface area contributed by atoms with E-state index in [4.69, 9.17) is 4.74 Å². The van der Waals surface area contributed by atoms with Gasteiger partial charge in [-0.15, -0.1) is 11.3 Å². The molecule has 2 aliphatic heterocycles. The number of carboxylic acid groups (broad SMARTS) is 1. The summed E-state index contributed by atoms with van der Waals surface area (Å²) < 4.78 is 5.75. The minimum absolute atomic E-state index is 0.0909. The van der Waals surface area contributed by atoms with Gasteiger partial charge in [0.05, 0.1) is 13.1 Å². The molecule has 1 saturated heterocycles. The summed E-state index contributed by atoms with van der Waals surface area (Å²) in [4.78, 5) is 27.4. The van der Waals surface area contributed by atoms with Crippen molar-refractivity contribution in [2.24, 2.45) is 5.41 Å². The quantitative estimate of drug-likeness (QED) is 0.838. The number of rotatable bonds is 5. The monoisotopic (exact) mass is 372 g/mol. The highest BCUT2D eigenvalue weighted by Gasteiger charge is 2.56. The summed E-state index contributed by atoms with van der Waals surface area (Å²) in [6.07, 6.45) is 0. The van der Waals surface area contributed by atoms with Crippen LogP contribution in [0.5, 0.6) is 5.75 Å². The maximum absolute atomic E-state index is 12.3. The number of carbonyl (C=O) groups excluding carboxylic acids is 1. The number of likely N-dealkylation sites (tertiary alicyclic amines) is 1. The van der Waals surface area contributed by atoms with Crippen molar-refractivity contribution in [3.05, 3.63) is 52.2 Å². The number of para-hydroxylation sites is 1. The number of amides is 1. The largest absolute Gasteiger partial charge is 0.492 e. The van der Waals surface area contributed by atoms with Gasteiger partial charge in [0, 0.05) is 23.9 Å². The third-order valence-corrected chi connectivity index (χ3v) is 6.10.